The number of carbonyl (C=O) groups is 2. The molecule has 0 bridgehead atoms. The molecule has 1 amide bonds. The molecule has 0 aliphatic carbocycles. The van der Waals surface area contributed by atoms with E-state index < -0.39 is 26.5 Å². The van der Waals surface area contributed by atoms with Crippen molar-refractivity contribution in [1.82, 2.24) is 5.32 Å². The Balaban J connectivity index is 3.48. The Labute approximate surface area is 268 Å². The first kappa shape index (κ1) is 42.8. The number of esters is 1. The lowest BCUT2D eigenvalue weighted by atomic mass is 10.0. The van der Waals surface area contributed by atoms with E-state index in [9.17, 15) is 24.2 Å². The zero-order chi connectivity index (χ0) is 32.6. The van der Waals surface area contributed by atoms with E-state index in [2.05, 4.69) is 24.4 Å². The summed E-state index contributed by atoms with van der Waals surface area (Å²) in [6, 6.07) is 0. The van der Waals surface area contributed by atoms with Gasteiger partial charge < -0.3 is 20.1 Å². The van der Waals surface area contributed by atoms with Crippen LogP contribution in [-0.4, -0.2) is 54.3 Å². The average molecular weight is 648 g/mol. The number of hydrogen-bond acceptors (Lipinski definition) is 7. The third kappa shape index (κ3) is 32.2. The van der Waals surface area contributed by atoms with Gasteiger partial charge in [0, 0.05) is 19.4 Å². The quantitative estimate of drug-likeness (QED) is 0.0279. The van der Waals surface area contributed by atoms with E-state index in [1.54, 1.807) is 0 Å². The summed E-state index contributed by atoms with van der Waals surface area (Å²) in [7, 11) is -4.38. The minimum absolute atomic E-state index is 0.0836. The number of nitrogens with one attached hydrogen (secondary N) is 1. The van der Waals surface area contributed by atoms with Crippen molar-refractivity contribution < 1.29 is 37.9 Å². The van der Waals surface area contributed by atoms with E-state index in [0.29, 0.717) is 12.8 Å². The lowest BCUT2D eigenvalue weighted by Crippen LogP contribution is -2.27. The molecule has 0 aromatic carbocycles. The van der Waals surface area contributed by atoms with E-state index in [4.69, 9.17) is 13.8 Å². The molecule has 9 nitrogen and oxygen atoms in total. The van der Waals surface area contributed by atoms with Crippen molar-refractivity contribution in [3.63, 3.8) is 0 Å². The summed E-state index contributed by atoms with van der Waals surface area (Å²) in [5.74, 6) is -0.551. The predicted molar refractivity (Wildman–Crippen MR) is 178 cm³/mol. The zero-order valence-electron chi connectivity index (χ0n) is 28.1. The minimum Gasteiger partial charge on any atom is -0.463 e. The Morgan fingerprint density at radius 2 is 1.18 bits per heavy atom. The fourth-order valence-corrected chi connectivity index (χ4v) is 5.46. The number of carbonyl (C=O) groups excluding carboxylic acids is 2. The minimum atomic E-state index is -4.38. The highest BCUT2D eigenvalue weighted by Gasteiger charge is 2.23. The van der Waals surface area contributed by atoms with E-state index in [1.807, 2.05) is 6.92 Å². The second kappa shape index (κ2) is 31.7. The summed E-state index contributed by atoms with van der Waals surface area (Å²) in [5, 5.41) is 12.4. The van der Waals surface area contributed by atoms with Gasteiger partial charge in [-0.15, -0.1) is 0 Å². The summed E-state index contributed by atoms with van der Waals surface area (Å²) in [6.07, 6.45) is 29.9. The lowest BCUT2D eigenvalue weighted by Gasteiger charge is -2.15. The predicted octanol–water partition coefficient (Wildman–Crippen LogP) is 8.71. The summed E-state index contributed by atoms with van der Waals surface area (Å²) >= 11 is 0. The molecule has 0 saturated carbocycles. The molecule has 0 aliphatic rings. The van der Waals surface area contributed by atoms with Crippen molar-refractivity contribution in [1.29, 1.82) is 0 Å². The number of amides is 1. The number of phosphoric acid groups is 1. The van der Waals surface area contributed by atoms with Crippen molar-refractivity contribution in [2.75, 3.05) is 26.4 Å². The lowest BCUT2D eigenvalue weighted by molar-refractivity contribution is -0.147. The molecule has 2 unspecified atom stereocenters. The van der Waals surface area contributed by atoms with Gasteiger partial charge in [0.15, 0.2) is 0 Å². The fourth-order valence-electron chi connectivity index (χ4n) is 4.70. The van der Waals surface area contributed by atoms with Crippen molar-refractivity contribution in [3.8, 4) is 0 Å². The fraction of sp³-hybridized carbons (Fsp3) is 0.882. The number of phosphoric ester groups is 1. The number of allylic oxidation sites excluding steroid dienone is 2. The Morgan fingerprint density at radius 1 is 0.682 bits per heavy atom. The first-order valence-corrected chi connectivity index (χ1v) is 19.2. The monoisotopic (exact) mass is 647 g/mol. The molecule has 0 saturated heterocycles. The highest BCUT2D eigenvalue weighted by Crippen LogP contribution is 2.42. The van der Waals surface area contributed by atoms with Crippen LogP contribution >= 0.6 is 7.82 Å². The number of aliphatic hydroxyl groups is 1. The largest absolute Gasteiger partial charge is 0.472 e. The number of ether oxygens (including phenoxy) is 1. The van der Waals surface area contributed by atoms with E-state index in [1.165, 1.54) is 103 Å². The number of aliphatic hydroxyl groups excluding tert-OH is 1. The Hall–Kier alpha value is -1.25. The molecule has 0 radical (unpaired) electrons. The SMILES string of the molecule is CCCCCCCC/C=C/CCCCCCCCCCCCCC(=O)NCCOP(=O)(O)OCC(O)COC(=O)CCCC. The molecule has 0 rings (SSSR count). The molecule has 10 heteroatoms. The first-order valence-electron chi connectivity index (χ1n) is 17.7. The van der Waals surface area contributed by atoms with Crippen LogP contribution in [0.25, 0.3) is 0 Å². The third-order valence-electron chi connectivity index (χ3n) is 7.45. The molecule has 0 aliphatic heterocycles. The molecular formula is C34H66NO8P. The van der Waals surface area contributed by atoms with Crippen LogP contribution in [0.5, 0.6) is 0 Å². The number of hydrogen-bond donors (Lipinski definition) is 3. The van der Waals surface area contributed by atoms with Gasteiger partial charge in [0.05, 0.1) is 13.2 Å². The van der Waals surface area contributed by atoms with Gasteiger partial charge in [0.2, 0.25) is 5.91 Å². The van der Waals surface area contributed by atoms with Crippen LogP contribution in [0.4, 0.5) is 0 Å². The second-order valence-electron chi connectivity index (χ2n) is 11.8. The summed E-state index contributed by atoms with van der Waals surface area (Å²) < 4.78 is 26.3. The van der Waals surface area contributed by atoms with Gasteiger partial charge in [-0.25, -0.2) is 4.57 Å². The Morgan fingerprint density at radius 3 is 1.73 bits per heavy atom. The maximum absolute atomic E-state index is 12.0. The van der Waals surface area contributed by atoms with Gasteiger partial charge >= 0.3 is 13.8 Å². The van der Waals surface area contributed by atoms with Gasteiger partial charge in [-0.3, -0.25) is 18.6 Å². The van der Waals surface area contributed by atoms with Crippen LogP contribution in [0.15, 0.2) is 12.2 Å². The van der Waals surface area contributed by atoms with Crippen LogP contribution < -0.4 is 5.32 Å². The molecule has 0 aromatic heterocycles. The van der Waals surface area contributed by atoms with Gasteiger partial charge in [-0.05, 0) is 38.5 Å². The van der Waals surface area contributed by atoms with E-state index in [0.717, 1.165) is 25.7 Å². The highest BCUT2D eigenvalue weighted by atomic mass is 31.2. The van der Waals surface area contributed by atoms with Gasteiger partial charge in [0.1, 0.15) is 12.7 Å². The topological polar surface area (TPSA) is 131 Å². The average Bonchev–Trinajstić information content (AvgIpc) is 3.00. The smallest absolute Gasteiger partial charge is 0.463 e. The normalized spacial score (nSPS) is 13.6. The van der Waals surface area contributed by atoms with Crippen LogP contribution in [-0.2, 0) is 27.9 Å². The maximum Gasteiger partial charge on any atom is 0.472 e. The number of rotatable bonds is 33. The van der Waals surface area contributed by atoms with Gasteiger partial charge in [-0.1, -0.05) is 122 Å². The van der Waals surface area contributed by atoms with E-state index in [-0.39, 0.29) is 32.1 Å². The Kier molecular flexibility index (Phi) is 30.8. The van der Waals surface area contributed by atoms with Gasteiger partial charge in [0.25, 0.3) is 0 Å². The maximum atomic E-state index is 12.0. The summed E-state index contributed by atoms with van der Waals surface area (Å²) in [4.78, 5) is 33.1. The Bertz CT molecular complexity index is 749. The standard InChI is InChI=1S/C34H66NO8P/c1-3-5-7-8-9-10-11-12-13-14-15-16-17-18-19-20-21-22-23-24-25-26-33(37)35-28-29-42-44(39,40)43-31-32(36)30-41-34(38)27-6-4-2/h12-13,32,36H,3-11,14-31H2,1-2H3,(H,35,37)(H,39,40)/b13-12+. The highest BCUT2D eigenvalue weighted by molar-refractivity contribution is 7.47. The van der Waals surface area contributed by atoms with Crippen LogP contribution in [0.1, 0.15) is 162 Å². The first-order chi connectivity index (χ1) is 21.3. The summed E-state index contributed by atoms with van der Waals surface area (Å²) in [6.45, 7) is 3.26. The molecule has 0 heterocycles. The molecule has 44 heavy (non-hydrogen) atoms. The van der Waals surface area contributed by atoms with Crippen LogP contribution in [0.3, 0.4) is 0 Å². The van der Waals surface area contributed by atoms with Crippen molar-refractivity contribution in [3.05, 3.63) is 12.2 Å². The van der Waals surface area contributed by atoms with Crippen LogP contribution in [0.2, 0.25) is 0 Å². The molecule has 0 aromatic rings. The van der Waals surface area contributed by atoms with Crippen LogP contribution in [0, 0.1) is 0 Å². The number of unbranched alkanes of at least 4 members (excludes halogenated alkanes) is 18. The zero-order valence-corrected chi connectivity index (χ0v) is 29.0. The van der Waals surface area contributed by atoms with Crippen molar-refractivity contribution in [2.45, 2.75) is 168 Å². The summed E-state index contributed by atoms with van der Waals surface area (Å²) in [5.41, 5.74) is 0. The van der Waals surface area contributed by atoms with E-state index >= 15 is 0 Å². The van der Waals surface area contributed by atoms with Crippen molar-refractivity contribution in [2.24, 2.45) is 0 Å². The molecule has 0 spiro atoms. The molecule has 3 N–H and O–H groups in total. The molecule has 2 atom stereocenters. The molecular weight excluding hydrogens is 581 g/mol. The van der Waals surface area contributed by atoms with Gasteiger partial charge in [-0.2, -0.15) is 0 Å². The molecule has 260 valence electrons. The third-order valence-corrected chi connectivity index (χ3v) is 8.43. The second-order valence-corrected chi connectivity index (χ2v) is 13.3. The molecule has 0 fully saturated rings. The van der Waals surface area contributed by atoms with Crippen molar-refractivity contribution >= 4 is 19.7 Å².